The molecule has 0 aliphatic carbocycles. The molecule has 0 aliphatic rings. The highest BCUT2D eigenvalue weighted by molar-refractivity contribution is 6.36. The Labute approximate surface area is 168 Å². The second-order valence-corrected chi connectivity index (χ2v) is 7.31. The molecule has 0 spiro atoms. The van der Waals surface area contributed by atoms with Gasteiger partial charge in [-0.2, -0.15) is 5.10 Å². The Morgan fingerprint density at radius 3 is 2.48 bits per heavy atom. The molecular weight excluding hydrogens is 385 g/mol. The molecule has 0 radical (unpaired) electrons. The highest BCUT2D eigenvalue weighted by Gasteiger charge is 2.24. The maximum atomic E-state index is 12.5. The van der Waals surface area contributed by atoms with Crippen LogP contribution < -0.4 is 10.7 Å². The Hall–Kier alpha value is -2.37. The van der Waals surface area contributed by atoms with E-state index in [2.05, 4.69) is 15.8 Å². The minimum atomic E-state index is -0.726. The first-order chi connectivity index (χ1) is 12.8. The van der Waals surface area contributed by atoms with Crippen molar-refractivity contribution < 1.29 is 9.59 Å². The van der Waals surface area contributed by atoms with E-state index < -0.39 is 11.9 Å². The molecule has 1 unspecified atom stereocenters. The second kappa shape index (κ2) is 9.53. The largest absolute Gasteiger partial charge is 0.340 e. The van der Waals surface area contributed by atoms with Crippen molar-refractivity contribution in [2.24, 2.45) is 11.0 Å². The minimum Gasteiger partial charge on any atom is -0.340 e. The molecule has 0 saturated heterocycles. The van der Waals surface area contributed by atoms with Crippen LogP contribution in [0.1, 0.15) is 35.3 Å². The predicted octanol–water partition coefficient (Wildman–Crippen LogP) is 4.21. The van der Waals surface area contributed by atoms with Crippen LogP contribution in [0, 0.1) is 12.8 Å². The summed E-state index contributed by atoms with van der Waals surface area (Å²) in [4.78, 5) is 24.9. The first-order valence-electron chi connectivity index (χ1n) is 8.43. The van der Waals surface area contributed by atoms with Crippen LogP contribution in [0.15, 0.2) is 47.6 Å². The molecule has 0 bridgehead atoms. The molecule has 7 heteroatoms. The van der Waals surface area contributed by atoms with Gasteiger partial charge in [-0.1, -0.05) is 60.8 Å². The van der Waals surface area contributed by atoms with Crippen LogP contribution in [-0.4, -0.2) is 24.1 Å². The van der Waals surface area contributed by atoms with Crippen molar-refractivity contribution in [1.82, 2.24) is 10.7 Å². The molecule has 0 saturated carbocycles. The normalized spacial score (nSPS) is 12.2. The molecule has 0 fully saturated rings. The lowest BCUT2D eigenvalue weighted by molar-refractivity contribution is -0.123. The molecule has 142 valence electrons. The van der Waals surface area contributed by atoms with Crippen molar-refractivity contribution in [2.75, 3.05) is 0 Å². The number of amides is 2. The smallest absolute Gasteiger partial charge is 0.262 e. The van der Waals surface area contributed by atoms with E-state index in [0.717, 1.165) is 5.56 Å². The number of hydrogen-bond acceptors (Lipinski definition) is 3. The quantitative estimate of drug-likeness (QED) is 0.558. The second-order valence-electron chi connectivity index (χ2n) is 6.46. The predicted molar refractivity (Wildman–Crippen MR) is 109 cm³/mol. The Morgan fingerprint density at radius 2 is 1.85 bits per heavy atom. The van der Waals surface area contributed by atoms with Gasteiger partial charge in [-0.15, -0.1) is 0 Å². The van der Waals surface area contributed by atoms with E-state index in [9.17, 15) is 9.59 Å². The molecular formula is C20H21Cl2N3O2. The first-order valence-corrected chi connectivity index (χ1v) is 9.19. The van der Waals surface area contributed by atoms with Crippen LogP contribution in [0.4, 0.5) is 0 Å². The van der Waals surface area contributed by atoms with Crippen LogP contribution in [0.25, 0.3) is 0 Å². The highest BCUT2D eigenvalue weighted by Crippen LogP contribution is 2.19. The zero-order valence-corrected chi connectivity index (χ0v) is 16.8. The number of halogens is 2. The summed E-state index contributed by atoms with van der Waals surface area (Å²) < 4.78 is 0. The number of nitrogens with one attached hydrogen (secondary N) is 2. The maximum absolute atomic E-state index is 12.5. The van der Waals surface area contributed by atoms with Gasteiger partial charge in [0.1, 0.15) is 6.04 Å². The topological polar surface area (TPSA) is 70.6 Å². The fourth-order valence-electron chi connectivity index (χ4n) is 2.39. The van der Waals surface area contributed by atoms with Gasteiger partial charge >= 0.3 is 0 Å². The van der Waals surface area contributed by atoms with E-state index in [-0.39, 0.29) is 11.8 Å². The summed E-state index contributed by atoms with van der Waals surface area (Å²) in [7, 11) is 0. The number of hydrazone groups is 1. The number of carbonyl (C=O) groups excluding carboxylic acids is 2. The number of benzene rings is 2. The number of hydrogen-bond donors (Lipinski definition) is 2. The van der Waals surface area contributed by atoms with E-state index in [1.807, 2.05) is 26.8 Å². The van der Waals surface area contributed by atoms with Gasteiger partial charge < -0.3 is 5.32 Å². The number of carbonyl (C=O) groups is 2. The maximum Gasteiger partial charge on any atom is 0.262 e. The minimum absolute atomic E-state index is 0.118. The zero-order chi connectivity index (χ0) is 20.0. The molecule has 2 N–H and O–H groups in total. The summed E-state index contributed by atoms with van der Waals surface area (Å²) in [5, 5.41) is 7.62. The SMILES string of the molecule is Cc1cccc(C(=O)NC(C(=O)N/N=C\c2ccc(Cl)cc2Cl)C(C)C)c1. The van der Waals surface area contributed by atoms with Crippen molar-refractivity contribution >= 4 is 41.2 Å². The van der Waals surface area contributed by atoms with Crippen molar-refractivity contribution in [2.45, 2.75) is 26.8 Å². The summed E-state index contributed by atoms with van der Waals surface area (Å²) in [6.07, 6.45) is 1.43. The summed E-state index contributed by atoms with van der Waals surface area (Å²) in [5.74, 6) is -0.835. The first kappa shape index (κ1) is 20.9. The molecule has 2 amide bonds. The fraction of sp³-hybridized carbons (Fsp3) is 0.250. The third-order valence-corrected chi connectivity index (χ3v) is 4.42. The summed E-state index contributed by atoms with van der Waals surface area (Å²) in [6, 6.07) is 11.4. The van der Waals surface area contributed by atoms with Crippen molar-refractivity contribution in [1.29, 1.82) is 0 Å². The number of rotatable bonds is 6. The van der Waals surface area contributed by atoms with Crippen LogP contribution in [0.3, 0.4) is 0 Å². The lowest BCUT2D eigenvalue weighted by Crippen LogP contribution is -2.48. The van der Waals surface area contributed by atoms with Gasteiger partial charge in [-0.25, -0.2) is 5.43 Å². The standard InChI is InChI=1S/C20H21Cl2N3O2/c1-12(2)18(24-19(26)14-6-4-5-13(3)9-14)20(27)25-23-11-15-7-8-16(21)10-17(15)22/h4-12,18H,1-3H3,(H,24,26)(H,25,27)/b23-11-. The van der Waals surface area contributed by atoms with Crippen LogP contribution in [0.5, 0.6) is 0 Å². The molecule has 1 atom stereocenters. The molecule has 0 aliphatic heterocycles. The molecule has 2 rings (SSSR count). The highest BCUT2D eigenvalue weighted by atomic mass is 35.5. The Balaban J connectivity index is 2.04. The third-order valence-electron chi connectivity index (χ3n) is 3.86. The van der Waals surface area contributed by atoms with E-state index in [0.29, 0.717) is 21.2 Å². The monoisotopic (exact) mass is 405 g/mol. The van der Waals surface area contributed by atoms with Gasteiger partial charge in [0.05, 0.1) is 11.2 Å². The summed E-state index contributed by atoms with van der Waals surface area (Å²) >= 11 is 11.9. The Morgan fingerprint density at radius 1 is 1.11 bits per heavy atom. The van der Waals surface area contributed by atoms with Crippen molar-refractivity contribution in [3.05, 3.63) is 69.2 Å². The molecule has 2 aromatic carbocycles. The third kappa shape index (κ3) is 6.08. The van der Waals surface area contributed by atoms with Crippen LogP contribution in [0.2, 0.25) is 10.0 Å². The number of aryl methyl sites for hydroxylation is 1. The molecule has 2 aromatic rings. The van der Waals surface area contributed by atoms with Gasteiger partial charge in [0.15, 0.2) is 0 Å². The van der Waals surface area contributed by atoms with Gasteiger partial charge in [-0.3, -0.25) is 9.59 Å². The molecule has 0 aromatic heterocycles. The molecule has 0 heterocycles. The van der Waals surface area contributed by atoms with Gasteiger partial charge in [0.25, 0.3) is 11.8 Å². The van der Waals surface area contributed by atoms with Crippen LogP contribution >= 0.6 is 23.2 Å². The lowest BCUT2D eigenvalue weighted by Gasteiger charge is -2.20. The van der Waals surface area contributed by atoms with Crippen molar-refractivity contribution in [3.8, 4) is 0 Å². The van der Waals surface area contributed by atoms with Gasteiger partial charge in [-0.05, 0) is 37.1 Å². The van der Waals surface area contributed by atoms with Crippen molar-refractivity contribution in [3.63, 3.8) is 0 Å². The average molecular weight is 406 g/mol. The molecule has 27 heavy (non-hydrogen) atoms. The Bertz CT molecular complexity index is 866. The lowest BCUT2D eigenvalue weighted by atomic mass is 10.0. The van der Waals surface area contributed by atoms with E-state index in [1.54, 1.807) is 36.4 Å². The van der Waals surface area contributed by atoms with Crippen LogP contribution in [-0.2, 0) is 4.79 Å². The van der Waals surface area contributed by atoms with E-state index >= 15 is 0 Å². The average Bonchev–Trinajstić information content (AvgIpc) is 2.60. The molecule has 5 nitrogen and oxygen atoms in total. The number of nitrogens with zero attached hydrogens (tertiary/aromatic N) is 1. The Kier molecular flexibility index (Phi) is 7.39. The summed E-state index contributed by atoms with van der Waals surface area (Å²) in [6.45, 7) is 5.60. The zero-order valence-electron chi connectivity index (χ0n) is 15.3. The van der Waals surface area contributed by atoms with E-state index in [1.165, 1.54) is 6.21 Å². The fourth-order valence-corrected chi connectivity index (χ4v) is 2.84. The van der Waals surface area contributed by atoms with Gasteiger partial charge in [0, 0.05) is 16.1 Å². The summed E-state index contributed by atoms with van der Waals surface area (Å²) in [5.41, 5.74) is 4.54. The van der Waals surface area contributed by atoms with Gasteiger partial charge in [0.2, 0.25) is 0 Å². The van der Waals surface area contributed by atoms with E-state index in [4.69, 9.17) is 23.2 Å².